The van der Waals surface area contributed by atoms with Crippen molar-refractivity contribution in [1.82, 2.24) is 14.8 Å². The highest BCUT2D eigenvalue weighted by molar-refractivity contribution is 5.77. The molecule has 1 aliphatic rings. The summed E-state index contributed by atoms with van der Waals surface area (Å²) in [6.07, 6.45) is 3.82. The van der Waals surface area contributed by atoms with Crippen LogP contribution in [-0.2, 0) is 16.1 Å². The van der Waals surface area contributed by atoms with Crippen molar-refractivity contribution in [2.75, 3.05) is 13.2 Å². The summed E-state index contributed by atoms with van der Waals surface area (Å²) in [5, 5.41) is 13.5. The highest BCUT2D eigenvalue weighted by Crippen LogP contribution is 2.31. The van der Waals surface area contributed by atoms with E-state index >= 15 is 0 Å². The van der Waals surface area contributed by atoms with Crippen molar-refractivity contribution in [3.05, 3.63) is 70.6 Å². The number of ether oxygens (including phenoxy) is 1. The largest absolute Gasteiger partial charge is 0.480 e. The fraction of sp³-hybridized carbons (Fsp3) is 0.385. The van der Waals surface area contributed by atoms with E-state index in [9.17, 15) is 9.59 Å². The number of aromatic nitrogens is 3. The van der Waals surface area contributed by atoms with E-state index in [1.165, 1.54) is 4.68 Å². The first kappa shape index (κ1) is 22.9. The Labute approximate surface area is 193 Å². The van der Waals surface area contributed by atoms with Crippen LogP contribution in [0.1, 0.15) is 31.2 Å². The van der Waals surface area contributed by atoms with Gasteiger partial charge in [-0.3, -0.25) is 0 Å². The molecule has 1 N–H and O–H groups in total. The van der Waals surface area contributed by atoms with Crippen LogP contribution in [-0.4, -0.2) is 39.1 Å². The van der Waals surface area contributed by atoms with E-state index in [0.717, 1.165) is 42.4 Å². The molecular formula is C26H29N3O4. The van der Waals surface area contributed by atoms with Gasteiger partial charge in [-0.05, 0) is 44.4 Å². The van der Waals surface area contributed by atoms with Crippen molar-refractivity contribution in [3.8, 4) is 22.5 Å². The van der Waals surface area contributed by atoms with Crippen molar-refractivity contribution >= 4 is 5.97 Å². The summed E-state index contributed by atoms with van der Waals surface area (Å²) in [4.78, 5) is 28.0. The van der Waals surface area contributed by atoms with Crippen LogP contribution in [0.25, 0.3) is 22.5 Å². The van der Waals surface area contributed by atoms with E-state index in [1.54, 1.807) is 0 Å². The zero-order valence-corrected chi connectivity index (χ0v) is 18.8. The second-order valence-electron chi connectivity index (χ2n) is 8.80. The first-order valence-electron chi connectivity index (χ1n) is 11.4. The van der Waals surface area contributed by atoms with Gasteiger partial charge in [-0.15, -0.1) is 0 Å². The number of rotatable bonds is 8. The van der Waals surface area contributed by atoms with E-state index in [1.807, 2.05) is 61.5 Å². The number of carboxylic acid groups (broad SMARTS) is 1. The Kier molecular flexibility index (Phi) is 7.29. The molecule has 1 saturated carbocycles. The van der Waals surface area contributed by atoms with Gasteiger partial charge < -0.3 is 9.84 Å². The van der Waals surface area contributed by atoms with Gasteiger partial charge in [-0.2, -0.15) is 10.1 Å². The predicted molar refractivity (Wildman–Crippen MR) is 126 cm³/mol. The molecule has 0 amide bonds. The van der Waals surface area contributed by atoms with E-state index in [-0.39, 0.29) is 12.3 Å². The molecule has 0 spiro atoms. The second-order valence-corrected chi connectivity index (χ2v) is 8.80. The van der Waals surface area contributed by atoms with Gasteiger partial charge in [0.05, 0.1) is 6.61 Å². The molecule has 1 fully saturated rings. The topological polar surface area (TPSA) is 94.3 Å². The third-order valence-corrected chi connectivity index (χ3v) is 6.22. The van der Waals surface area contributed by atoms with Crippen LogP contribution in [0.3, 0.4) is 0 Å². The Morgan fingerprint density at radius 1 is 0.970 bits per heavy atom. The Bertz CT molecular complexity index is 1130. The molecule has 0 unspecified atom stereocenters. The number of nitrogens with zero attached hydrogens (tertiary/aromatic N) is 3. The van der Waals surface area contributed by atoms with Crippen molar-refractivity contribution in [1.29, 1.82) is 0 Å². The smallest absolute Gasteiger partial charge is 0.364 e. The molecule has 0 atom stereocenters. The van der Waals surface area contributed by atoms with Crippen LogP contribution < -0.4 is 5.69 Å². The maximum atomic E-state index is 12.9. The number of aryl methyl sites for hydroxylation is 1. The fourth-order valence-electron chi connectivity index (χ4n) is 4.38. The van der Waals surface area contributed by atoms with Crippen LogP contribution in [0.2, 0.25) is 0 Å². The predicted octanol–water partition coefficient (Wildman–Crippen LogP) is 4.19. The Morgan fingerprint density at radius 2 is 1.61 bits per heavy atom. The lowest BCUT2D eigenvalue weighted by Gasteiger charge is -2.28. The highest BCUT2D eigenvalue weighted by Gasteiger charge is 2.23. The normalized spacial score (nSPS) is 18.2. The summed E-state index contributed by atoms with van der Waals surface area (Å²) < 4.78 is 6.77. The summed E-state index contributed by atoms with van der Waals surface area (Å²) in [6.45, 7) is 2.79. The van der Waals surface area contributed by atoms with E-state index in [0.29, 0.717) is 36.4 Å². The number of aliphatic carboxylic acids is 1. The van der Waals surface area contributed by atoms with Crippen molar-refractivity contribution in [2.45, 2.75) is 39.2 Å². The summed E-state index contributed by atoms with van der Waals surface area (Å²) in [5.41, 5.74) is 3.92. The van der Waals surface area contributed by atoms with Gasteiger partial charge in [-0.25, -0.2) is 14.3 Å². The molecule has 0 radical (unpaired) electrons. The molecule has 7 heteroatoms. The number of hydrogen-bond donors (Lipinski definition) is 1. The molecule has 33 heavy (non-hydrogen) atoms. The van der Waals surface area contributed by atoms with Crippen molar-refractivity contribution < 1.29 is 14.6 Å². The average molecular weight is 448 g/mol. The molecule has 4 rings (SSSR count). The first-order chi connectivity index (χ1) is 16.0. The molecule has 0 saturated heterocycles. The van der Waals surface area contributed by atoms with Gasteiger partial charge in [0.2, 0.25) is 0 Å². The Morgan fingerprint density at radius 3 is 2.27 bits per heavy atom. The molecule has 172 valence electrons. The summed E-state index contributed by atoms with van der Waals surface area (Å²) in [5.74, 6) is -0.238. The van der Waals surface area contributed by atoms with Crippen LogP contribution >= 0.6 is 0 Å². The quantitative estimate of drug-likeness (QED) is 0.556. The fourth-order valence-corrected chi connectivity index (χ4v) is 4.38. The minimum atomic E-state index is -0.940. The number of carbonyl (C=O) groups is 1. The van der Waals surface area contributed by atoms with Gasteiger partial charge in [0.25, 0.3) is 0 Å². The third-order valence-electron chi connectivity index (χ3n) is 6.22. The summed E-state index contributed by atoms with van der Waals surface area (Å²) in [7, 11) is 0. The third kappa shape index (κ3) is 5.93. The maximum Gasteiger partial charge on any atom is 0.364 e. The lowest BCUT2D eigenvalue weighted by Crippen LogP contribution is -2.31. The number of benzene rings is 2. The molecule has 0 aliphatic heterocycles. The molecule has 1 aliphatic carbocycles. The summed E-state index contributed by atoms with van der Waals surface area (Å²) in [6, 6.07) is 17.8. The molecule has 1 aromatic heterocycles. The maximum absolute atomic E-state index is 12.9. The van der Waals surface area contributed by atoms with E-state index < -0.39 is 5.97 Å². The van der Waals surface area contributed by atoms with Crippen LogP contribution in [0.4, 0.5) is 0 Å². The Balaban J connectivity index is 1.54. The lowest BCUT2D eigenvalue weighted by molar-refractivity contribution is -0.142. The number of carboxylic acids is 1. The van der Waals surface area contributed by atoms with E-state index in [2.05, 4.69) is 4.98 Å². The zero-order valence-electron chi connectivity index (χ0n) is 18.8. The Hall–Kier alpha value is -3.32. The first-order valence-corrected chi connectivity index (χ1v) is 11.4. The van der Waals surface area contributed by atoms with E-state index in [4.69, 9.17) is 14.9 Å². The second kappa shape index (κ2) is 10.5. The molecule has 3 aromatic rings. The molecule has 0 bridgehead atoms. The molecular weight excluding hydrogens is 418 g/mol. The molecule has 2 aromatic carbocycles. The van der Waals surface area contributed by atoms with Crippen LogP contribution in [0, 0.1) is 18.8 Å². The minimum Gasteiger partial charge on any atom is -0.480 e. The molecule has 7 nitrogen and oxygen atoms in total. The van der Waals surface area contributed by atoms with Gasteiger partial charge in [0.1, 0.15) is 18.0 Å². The highest BCUT2D eigenvalue weighted by atomic mass is 16.5. The van der Waals surface area contributed by atoms with Gasteiger partial charge in [0.15, 0.2) is 0 Å². The standard InChI is InChI=1S/C26H29N3O4/c1-18-7-13-22(14-8-18)25-24(21-5-3-2-4-6-21)27-26(32)29(28-25)15-19-9-11-20(12-10-19)16-33-17-23(30)31/h2-8,13-14,19-20H,9-12,15-17H2,1H3,(H,30,31)/t19-,20+. The monoisotopic (exact) mass is 447 g/mol. The van der Waals surface area contributed by atoms with Crippen molar-refractivity contribution in [3.63, 3.8) is 0 Å². The van der Waals surface area contributed by atoms with Gasteiger partial charge in [-0.1, -0.05) is 60.2 Å². The average Bonchev–Trinajstić information content (AvgIpc) is 2.82. The minimum absolute atomic E-state index is 0.250. The van der Waals surface area contributed by atoms with Crippen LogP contribution in [0.15, 0.2) is 59.4 Å². The van der Waals surface area contributed by atoms with Crippen LogP contribution in [0.5, 0.6) is 0 Å². The van der Waals surface area contributed by atoms with Gasteiger partial charge in [0, 0.05) is 17.7 Å². The van der Waals surface area contributed by atoms with Gasteiger partial charge >= 0.3 is 11.7 Å². The summed E-state index contributed by atoms with van der Waals surface area (Å²) >= 11 is 0. The SMILES string of the molecule is Cc1ccc(-c2nn(C[C@H]3CC[C@@H](COCC(=O)O)CC3)c(=O)nc2-c2ccccc2)cc1. The van der Waals surface area contributed by atoms with Crippen molar-refractivity contribution in [2.24, 2.45) is 11.8 Å². The molecule has 1 heterocycles. The number of hydrogen-bond acceptors (Lipinski definition) is 5. The lowest BCUT2D eigenvalue weighted by atomic mass is 9.82. The zero-order chi connectivity index (χ0) is 23.2.